The van der Waals surface area contributed by atoms with Crippen LogP contribution in [0.1, 0.15) is 47.8 Å². The lowest BCUT2D eigenvalue weighted by molar-refractivity contribution is -0.115. The SMILES string of the molecule is CCC(=O)Nc1ccc(C(C)NC(=O)c2cc(S(=O)(=O)Nc3ccc(F)cc3)ccc2C)cc1. The molecule has 3 rings (SSSR count). The van der Waals surface area contributed by atoms with Gasteiger partial charge in [0, 0.05) is 23.4 Å². The number of aryl methyl sites for hydroxylation is 1. The molecule has 0 spiro atoms. The Labute approximate surface area is 198 Å². The lowest BCUT2D eigenvalue weighted by atomic mass is 10.1. The monoisotopic (exact) mass is 483 g/mol. The predicted molar refractivity (Wildman–Crippen MR) is 130 cm³/mol. The molecule has 0 aromatic heterocycles. The summed E-state index contributed by atoms with van der Waals surface area (Å²) < 4.78 is 41.0. The van der Waals surface area contributed by atoms with E-state index in [9.17, 15) is 22.4 Å². The van der Waals surface area contributed by atoms with Crippen LogP contribution in [0.5, 0.6) is 0 Å². The standard InChI is InChI=1S/C25H26FN3O4S/c1-4-24(30)28-20-10-6-18(7-11-20)17(3)27-25(31)23-15-22(14-5-16(23)2)34(32,33)29-21-12-8-19(26)9-13-21/h5-15,17,29H,4H2,1-3H3,(H,27,31)(H,28,30). The number of halogens is 1. The van der Waals surface area contributed by atoms with Gasteiger partial charge >= 0.3 is 0 Å². The van der Waals surface area contributed by atoms with Crippen LogP contribution in [-0.4, -0.2) is 20.2 Å². The molecule has 34 heavy (non-hydrogen) atoms. The molecule has 3 aromatic rings. The zero-order valence-electron chi connectivity index (χ0n) is 19.1. The summed E-state index contributed by atoms with van der Waals surface area (Å²) in [5, 5.41) is 5.64. The van der Waals surface area contributed by atoms with Gasteiger partial charge in [0.05, 0.1) is 10.9 Å². The van der Waals surface area contributed by atoms with Gasteiger partial charge in [0.15, 0.2) is 0 Å². The fourth-order valence-corrected chi connectivity index (χ4v) is 4.29. The number of carbonyl (C=O) groups excluding carboxylic acids is 2. The summed E-state index contributed by atoms with van der Waals surface area (Å²) in [6.07, 6.45) is 0.377. The maximum atomic E-state index is 13.1. The molecule has 0 fully saturated rings. The third-order valence-corrected chi connectivity index (χ3v) is 6.60. The van der Waals surface area contributed by atoms with Crippen LogP contribution in [0.15, 0.2) is 71.6 Å². The third kappa shape index (κ3) is 6.20. The zero-order chi connectivity index (χ0) is 24.9. The van der Waals surface area contributed by atoms with E-state index < -0.39 is 21.7 Å². The average molecular weight is 484 g/mol. The van der Waals surface area contributed by atoms with Crippen molar-refractivity contribution in [2.75, 3.05) is 10.0 Å². The highest BCUT2D eigenvalue weighted by atomic mass is 32.2. The minimum absolute atomic E-state index is 0.0868. The number of hydrogen-bond donors (Lipinski definition) is 3. The Hall–Kier alpha value is -3.72. The van der Waals surface area contributed by atoms with Crippen LogP contribution < -0.4 is 15.4 Å². The molecule has 0 heterocycles. The van der Waals surface area contributed by atoms with Crippen LogP contribution in [0.4, 0.5) is 15.8 Å². The number of rotatable bonds is 8. The Bertz CT molecular complexity index is 1290. The third-order valence-electron chi connectivity index (χ3n) is 5.22. The lowest BCUT2D eigenvalue weighted by Crippen LogP contribution is -2.27. The molecule has 1 atom stereocenters. The van der Waals surface area contributed by atoms with Crippen molar-refractivity contribution in [1.82, 2.24) is 5.32 Å². The first kappa shape index (κ1) is 24.9. The molecule has 0 saturated carbocycles. The number of amides is 2. The van der Waals surface area contributed by atoms with E-state index in [0.717, 1.165) is 17.7 Å². The minimum atomic E-state index is -3.98. The molecule has 178 valence electrons. The van der Waals surface area contributed by atoms with Crippen LogP contribution in [0.25, 0.3) is 0 Å². The molecule has 2 amide bonds. The van der Waals surface area contributed by atoms with Gasteiger partial charge in [0.25, 0.3) is 15.9 Å². The first-order valence-corrected chi connectivity index (χ1v) is 12.2. The summed E-state index contributed by atoms with van der Waals surface area (Å²) in [7, 11) is -3.98. The molecule has 0 aliphatic heterocycles. The van der Waals surface area contributed by atoms with Crippen molar-refractivity contribution in [3.05, 3.63) is 89.2 Å². The molecule has 9 heteroatoms. The predicted octanol–water partition coefficient (Wildman–Crippen LogP) is 4.77. The molecular formula is C25H26FN3O4S. The van der Waals surface area contributed by atoms with Crippen molar-refractivity contribution in [3.8, 4) is 0 Å². The number of nitrogens with one attached hydrogen (secondary N) is 3. The summed E-state index contributed by atoms with van der Waals surface area (Å²) in [5.41, 5.74) is 2.53. The maximum Gasteiger partial charge on any atom is 0.261 e. The van der Waals surface area contributed by atoms with Gasteiger partial charge in [0.2, 0.25) is 5.91 Å². The van der Waals surface area contributed by atoms with Crippen molar-refractivity contribution in [1.29, 1.82) is 0 Å². The number of benzene rings is 3. The van der Waals surface area contributed by atoms with Gasteiger partial charge in [-0.25, -0.2) is 12.8 Å². The molecule has 0 bridgehead atoms. The minimum Gasteiger partial charge on any atom is -0.346 e. The Balaban J connectivity index is 1.75. The molecule has 0 saturated heterocycles. The first-order chi connectivity index (χ1) is 16.1. The highest BCUT2D eigenvalue weighted by molar-refractivity contribution is 7.92. The first-order valence-electron chi connectivity index (χ1n) is 10.7. The fraction of sp³-hybridized carbons (Fsp3) is 0.200. The quantitative estimate of drug-likeness (QED) is 0.429. The Morgan fingerprint density at radius 2 is 1.56 bits per heavy atom. The highest BCUT2D eigenvalue weighted by Crippen LogP contribution is 2.21. The zero-order valence-corrected chi connectivity index (χ0v) is 19.9. The van der Waals surface area contributed by atoms with E-state index in [4.69, 9.17) is 0 Å². The van der Waals surface area contributed by atoms with E-state index in [1.807, 2.05) is 6.92 Å². The summed E-state index contributed by atoms with van der Waals surface area (Å²) >= 11 is 0. The number of anilines is 2. The van der Waals surface area contributed by atoms with Crippen molar-refractivity contribution in [2.24, 2.45) is 0 Å². The van der Waals surface area contributed by atoms with Gasteiger partial charge in [-0.05, 0) is 73.5 Å². The van der Waals surface area contributed by atoms with Gasteiger partial charge in [-0.3, -0.25) is 14.3 Å². The van der Waals surface area contributed by atoms with Crippen molar-refractivity contribution >= 4 is 33.2 Å². The van der Waals surface area contributed by atoms with E-state index in [-0.39, 0.29) is 28.1 Å². The van der Waals surface area contributed by atoms with Crippen LogP contribution in [-0.2, 0) is 14.8 Å². The van der Waals surface area contributed by atoms with Gasteiger partial charge < -0.3 is 10.6 Å². The van der Waals surface area contributed by atoms with Crippen LogP contribution in [0.2, 0.25) is 0 Å². The largest absolute Gasteiger partial charge is 0.346 e. The maximum absolute atomic E-state index is 13.1. The van der Waals surface area contributed by atoms with Crippen molar-refractivity contribution in [3.63, 3.8) is 0 Å². The molecule has 0 aliphatic carbocycles. The Morgan fingerprint density at radius 1 is 0.941 bits per heavy atom. The molecule has 3 aromatic carbocycles. The number of carbonyl (C=O) groups is 2. The second-order valence-electron chi connectivity index (χ2n) is 7.81. The van der Waals surface area contributed by atoms with Gasteiger partial charge in [-0.15, -0.1) is 0 Å². The second kappa shape index (κ2) is 10.5. The fourth-order valence-electron chi connectivity index (χ4n) is 3.21. The molecular weight excluding hydrogens is 457 g/mol. The number of hydrogen-bond acceptors (Lipinski definition) is 4. The Morgan fingerprint density at radius 3 is 2.18 bits per heavy atom. The van der Waals surface area contributed by atoms with Crippen LogP contribution in [0.3, 0.4) is 0 Å². The topological polar surface area (TPSA) is 104 Å². The van der Waals surface area contributed by atoms with E-state index >= 15 is 0 Å². The van der Waals surface area contributed by atoms with Gasteiger partial charge in [-0.1, -0.05) is 25.1 Å². The van der Waals surface area contributed by atoms with Crippen LogP contribution >= 0.6 is 0 Å². The van der Waals surface area contributed by atoms with Crippen molar-refractivity contribution < 1.29 is 22.4 Å². The average Bonchev–Trinajstić information content (AvgIpc) is 2.80. The number of sulfonamides is 1. The summed E-state index contributed by atoms with van der Waals surface area (Å²) in [6, 6.07) is 16.0. The smallest absolute Gasteiger partial charge is 0.261 e. The molecule has 1 unspecified atom stereocenters. The summed E-state index contributed by atoms with van der Waals surface area (Å²) in [5.74, 6) is -0.993. The molecule has 7 nitrogen and oxygen atoms in total. The molecule has 0 aliphatic rings. The van der Waals surface area contributed by atoms with Gasteiger partial charge in [0.1, 0.15) is 5.82 Å². The summed E-state index contributed by atoms with van der Waals surface area (Å²) in [6.45, 7) is 5.29. The van der Waals surface area contributed by atoms with E-state index in [1.54, 1.807) is 44.2 Å². The van der Waals surface area contributed by atoms with E-state index in [0.29, 0.717) is 17.7 Å². The normalized spacial score (nSPS) is 12.0. The second-order valence-corrected chi connectivity index (χ2v) is 9.49. The van der Waals surface area contributed by atoms with Gasteiger partial charge in [-0.2, -0.15) is 0 Å². The van der Waals surface area contributed by atoms with Crippen molar-refractivity contribution in [2.45, 2.75) is 38.1 Å². The summed E-state index contributed by atoms with van der Waals surface area (Å²) in [4.78, 5) is 24.4. The molecule has 0 radical (unpaired) electrons. The highest BCUT2D eigenvalue weighted by Gasteiger charge is 2.20. The lowest BCUT2D eigenvalue weighted by Gasteiger charge is -2.17. The van der Waals surface area contributed by atoms with Crippen LogP contribution in [0, 0.1) is 12.7 Å². The molecule has 3 N–H and O–H groups in total. The van der Waals surface area contributed by atoms with E-state index in [2.05, 4.69) is 15.4 Å². The van der Waals surface area contributed by atoms with E-state index in [1.165, 1.54) is 24.3 Å². The Kier molecular flexibility index (Phi) is 7.68.